The molecule has 10 heteroatoms. The fourth-order valence-electron chi connectivity index (χ4n) is 3.46. The predicted octanol–water partition coefficient (Wildman–Crippen LogP) is 1.06. The molecule has 4 rings (SSSR count). The van der Waals surface area contributed by atoms with Crippen LogP contribution in [0.3, 0.4) is 0 Å². The van der Waals surface area contributed by atoms with Crippen LogP contribution >= 0.6 is 0 Å². The Kier molecular flexibility index (Phi) is 3.92. The number of nitrogens with zero attached hydrogens (tertiary/aromatic N) is 6. The number of hydrogen-bond donors (Lipinski definition) is 3. The number of nitriles is 1. The lowest BCUT2D eigenvalue weighted by atomic mass is 9.87. The van der Waals surface area contributed by atoms with Gasteiger partial charge >= 0.3 is 6.03 Å². The van der Waals surface area contributed by atoms with Crippen LogP contribution in [0.15, 0.2) is 24.8 Å². The summed E-state index contributed by atoms with van der Waals surface area (Å²) in [5, 5.41) is 17.4. The molecule has 0 aliphatic carbocycles. The highest BCUT2D eigenvalue weighted by atomic mass is 16.2. The minimum absolute atomic E-state index is 0.142. The van der Waals surface area contributed by atoms with Gasteiger partial charge in [-0.3, -0.25) is 4.68 Å². The van der Waals surface area contributed by atoms with Crippen molar-refractivity contribution in [2.24, 2.45) is 0 Å². The Morgan fingerprint density at radius 2 is 2.30 bits per heavy atom. The summed E-state index contributed by atoms with van der Waals surface area (Å²) in [6.07, 6.45) is 5.29. The van der Waals surface area contributed by atoms with Crippen molar-refractivity contribution in [3.05, 3.63) is 24.8 Å². The van der Waals surface area contributed by atoms with Crippen LogP contribution in [-0.4, -0.2) is 55.3 Å². The molecule has 0 saturated carbocycles. The number of likely N-dealkylation sites (tertiary alicyclic amines) is 1. The lowest BCUT2D eigenvalue weighted by molar-refractivity contribution is 0.0350. The van der Waals surface area contributed by atoms with Gasteiger partial charge in [0, 0.05) is 24.3 Å². The van der Waals surface area contributed by atoms with E-state index in [4.69, 9.17) is 5.73 Å². The van der Waals surface area contributed by atoms with E-state index in [2.05, 4.69) is 31.4 Å². The van der Waals surface area contributed by atoms with Crippen LogP contribution < -0.4 is 11.1 Å². The van der Waals surface area contributed by atoms with E-state index in [0.29, 0.717) is 42.4 Å². The maximum atomic E-state index is 12.0. The van der Waals surface area contributed by atoms with Gasteiger partial charge in [0.1, 0.15) is 17.5 Å². The van der Waals surface area contributed by atoms with E-state index in [1.54, 1.807) is 22.0 Å². The number of nitrogen functional groups attached to an aromatic ring is 1. The predicted molar refractivity (Wildman–Crippen MR) is 98.4 cm³/mol. The molecule has 4 heterocycles. The maximum absolute atomic E-state index is 12.0. The summed E-state index contributed by atoms with van der Waals surface area (Å²) >= 11 is 0. The molecule has 1 aliphatic rings. The molecule has 0 bridgehead atoms. The average Bonchev–Trinajstić information content (AvgIpc) is 3.24. The number of carbonyl (C=O) groups is 1. The zero-order chi connectivity index (χ0) is 19.0. The number of rotatable bonds is 4. The second-order valence-electron chi connectivity index (χ2n) is 6.59. The molecular weight excluding hydrogens is 346 g/mol. The zero-order valence-electron chi connectivity index (χ0n) is 14.8. The quantitative estimate of drug-likeness (QED) is 0.631. The normalized spacial score (nSPS) is 15.3. The third kappa shape index (κ3) is 2.64. The SMILES string of the molecule is CCNC(=O)N1CC(CC#N)(n2cc(-c3ncnc4[nH]ccc34)c(N)n2)C1. The third-order valence-electron chi connectivity index (χ3n) is 4.83. The van der Waals surface area contributed by atoms with E-state index < -0.39 is 5.54 Å². The standard InChI is InChI=1S/C17H19N9O/c1-2-20-16(27)25-8-17(9-25,4-5-18)26-7-12(14(19)24-26)13-11-3-6-21-15(11)23-10-22-13/h3,6-7,10H,2,4,8-9H2,1H3,(H2,19,24)(H,20,27)(H,21,22,23). The molecule has 138 valence electrons. The summed E-state index contributed by atoms with van der Waals surface area (Å²) in [6.45, 7) is 3.22. The summed E-state index contributed by atoms with van der Waals surface area (Å²) in [5.74, 6) is 0.324. The van der Waals surface area contributed by atoms with Crippen LogP contribution in [0.5, 0.6) is 0 Å². The molecule has 0 unspecified atom stereocenters. The topological polar surface area (TPSA) is 142 Å². The first kappa shape index (κ1) is 16.8. The first-order chi connectivity index (χ1) is 13.1. The first-order valence-corrected chi connectivity index (χ1v) is 8.62. The van der Waals surface area contributed by atoms with Gasteiger partial charge in [-0.2, -0.15) is 10.4 Å². The fourth-order valence-corrected chi connectivity index (χ4v) is 3.46. The molecule has 10 nitrogen and oxygen atoms in total. The molecule has 27 heavy (non-hydrogen) atoms. The monoisotopic (exact) mass is 365 g/mol. The summed E-state index contributed by atoms with van der Waals surface area (Å²) in [4.78, 5) is 25.3. The number of carbonyl (C=O) groups excluding carboxylic acids is 1. The molecule has 3 aromatic rings. The highest BCUT2D eigenvalue weighted by Crippen LogP contribution is 2.36. The highest BCUT2D eigenvalue weighted by Gasteiger charge is 2.48. The van der Waals surface area contributed by atoms with E-state index in [1.807, 2.05) is 13.0 Å². The molecule has 0 atom stereocenters. The van der Waals surface area contributed by atoms with Gasteiger partial charge in [-0.1, -0.05) is 0 Å². The molecule has 0 radical (unpaired) electrons. The van der Waals surface area contributed by atoms with E-state index in [9.17, 15) is 10.1 Å². The third-order valence-corrected chi connectivity index (χ3v) is 4.83. The molecule has 0 spiro atoms. The van der Waals surface area contributed by atoms with Crippen LogP contribution in [-0.2, 0) is 5.54 Å². The van der Waals surface area contributed by atoms with Crippen LogP contribution in [0.1, 0.15) is 13.3 Å². The molecule has 0 aromatic carbocycles. The highest BCUT2D eigenvalue weighted by molar-refractivity contribution is 5.93. The van der Waals surface area contributed by atoms with E-state index >= 15 is 0 Å². The summed E-state index contributed by atoms with van der Waals surface area (Å²) in [5.41, 5.74) is 7.65. The van der Waals surface area contributed by atoms with Gasteiger partial charge in [-0.05, 0) is 13.0 Å². The Morgan fingerprint density at radius 3 is 3.04 bits per heavy atom. The number of fused-ring (bicyclic) bond motifs is 1. The van der Waals surface area contributed by atoms with Gasteiger partial charge in [0.2, 0.25) is 0 Å². The summed E-state index contributed by atoms with van der Waals surface area (Å²) < 4.78 is 1.71. The van der Waals surface area contributed by atoms with Gasteiger partial charge in [0.05, 0.1) is 36.8 Å². The second-order valence-corrected chi connectivity index (χ2v) is 6.59. The van der Waals surface area contributed by atoms with E-state index in [-0.39, 0.29) is 12.5 Å². The van der Waals surface area contributed by atoms with Crippen molar-refractivity contribution < 1.29 is 4.79 Å². The largest absolute Gasteiger partial charge is 0.382 e. The summed E-state index contributed by atoms with van der Waals surface area (Å²) in [6, 6.07) is 3.94. The molecule has 3 aromatic heterocycles. The number of amides is 2. The Hall–Kier alpha value is -3.61. The minimum atomic E-state index is -0.587. The van der Waals surface area contributed by atoms with Crippen LogP contribution in [0.4, 0.5) is 10.6 Å². The second kappa shape index (κ2) is 6.28. The number of nitrogens with one attached hydrogen (secondary N) is 2. The maximum Gasteiger partial charge on any atom is 0.317 e. The van der Waals surface area contributed by atoms with Crippen molar-refractivity contribution in [2.45, 2.75) is 18.9 Å². The number of hydrogen-bond acceptors (Lipinski definition) is 6. The lowest BCUT2D eigenvalue weighted by Crippen LogP contribution is -2.65. The molecule has 1 aliphatic heterocycles. The van der Waals surface area contributed by atoms with Gasteiger partial charge in [0.25, 0.3) is 0 Å². The smallest absolute Gasteiger partial charge is 0.317 e. The van der Waals surface area contributed by atoms with E-state index in [0.717, 1.165) is 5.39 Å². The van der Waals surface area contributed by atoms with Crippen LogP contribution in [0, 0.1) is 11.3 Å². The van der Waals surface area contributed by atoms with Crippen molar-refractivity contribution in [3.8, 4) is 17.3 Å². The Morgan fingerprint density at radius 1 is 1.48 bits per heavy atom. The summed E-state index contributed by atoms with van der Waals surface area (Å²) in [7, 11) is 0. The molecule has 1 saturated heterocycles. The molecule has 2 amide bonds. The fraction of sp³-hybridized carbons (Fsp3) is 0.353. The molecular formula is C17H19N9O. The molecule has 4 N–H and O–H groups in total. The Labute approximate surface area is 155 Å². The zero-order valence-corrected chi connectivity index (χ0v) is 14.8. The van der Waals surface area contributed by atoms with Crippen LogP contribution in [0.25, 0.3) is 22.3 Å². The van der Waals surface area contributed by atoms with Crippen molar-refractivity contribution in [2.75, 3.05) is 25.4 Å². The van der Waals surface area contributed by atoms with Gasteiger partial charge < -0.3 is 20.9 Å². The van der Waals surface area contributed by atoms with Crippen LogP contribution in [0.2, 0.25) is 0 Å². The number of aromatic nitrogens is 5. The Bertz CT molecular complexity index is 1040. The van der Waals surface area contributed by atoms with Crippen molar-refractivity contribution in [1.82, 2.24) is 34.9 Å². The van der Waals surface area contributed by atoms with Crippen molar-refractivity contribution in [3.63, 3.8) is 0 Å². The lowest BCUT2D eigenvalue weighted by Gasteiger charge is -2.48. The number of anilines is 1. The minimum Gasteiger partial charge on any atom is -0.382 e. The molecule has 1 fully saturated rings. The van der Waals surface area contributed by atoms with Gasteiger partial charge in [-0.15, -0.1) is 0 Å². The van der Waals surface area contributed by atoms with Gasteiger partial charge in [-0.25, -0.2) is 14.8 Å². The first-order valence-electron chi connectivity index (χ1n) is 8.62. The number of urea groups is 1. The van der Waals surface area contributed by atoms with E-state index in [1.165, 1.54) is 6.33 Å². The number of H-pyrrole nitrogens is 1. The number of nitrogens with two attached hydrogens (primary N) is 1. The number of aromatic amines is 1. The average molecular weight is 365 g/mol. The van der Waals surface area contributed by atoms with Crippen molar-refractivity contribution >= 4 is 22.9 Å². The van der Waals surface area contributed by atoms with Crippen molar-refractivity contribution in [1.29, 1.82) is 5.26 Å². The van der Waals surface area contributed by atoms with Gasteiger partial charge in [0.15, 0.2) is 5.82 Å². The Balaban J connectivity index is 1.69.